The molecule has 1 saturated heterocycles. The number of piperidine rings is 1. The molecule has 3 rings (SSSR count). The third kappa shape index (κ3) is 4.75. The zero-order valence-corrected chi connectivity index (χ0v) is 15.2. The highest BCUT2D eigenvalue weighted by molar-refractivity contribution is 5.82. The van der Waals surface area contributed by atoms with Gasteiger partial charge in [0.25, 0.3) is 0 Å². The number of aliphatic hydroxyl groups is 1. The van der Waals surface area contributed by atoms with Crippen LogP contribution in [0.5, 0.6) is 0 Å². The van der Waals surface area contributed by atoms with E-state index in [9.17, 15) is 9.50 Å². The second-order valence-corrected chi connectivity index (χ2v) is 7.40. The van der Waals surface area contributed by atoms with Crippen LogP contribution >= 0.6 is 0 Å². The lowest BCUT2D eigenvalue weighted by Crippen LogP contribution is -2.40. The first-order valence-electron chi connectivity index (χ1n) is 9.14. The number of likely N-dealkylation sites (tertiary alicyclic amines) is 1. The maximum atomic E-state index is 13.9. The maximum absolute atomic E-state index is 13.9. The Labute approximate surface area is 149 Å². The first-order chi connectivity index (χ1) is 12.0. The number of fused-ring (bicyclic) bond motifs is 1. The zero-order valence-electron chi connectivity index (χ0n) is 15.2. The van der Waals surface area contributed by atoms with Gasteiger partial charge < -0.3 is 14.9 Å². The Bertz CT molecular complexity index is 698. The molecule has 1 aliphatic heterocycles. The lowest BCUT2D eigenvalue weighted by Gasteiger charge is -2.34. The molecule has 1 aromatic carbocycles. The summed E-state index contributed by atoms with van der Waals surface area (Å²) in [4.78, 5) is 9.04. The Hall–Kier alpha value is -1.56. The van der Waals surface area contributed by atoms with Crippen molar-refractivity contribution in [2.75, 3.05) is 33.2 Å². The van der Waals surface area contributed by atoms with Crippen molar-refractivity contribution in [1.82, 2.24) is 14.8 Å². The minimum absolute atomic E-state index is 0.208. The average Bonchev–Trinajstić information content (AvgIpc) is 2.59. The minimum atomic E-state index is -0.251. The lowest BCUT2D eigenvalue weighted by atomic mass is 9.96. The molecule has 0 aliphatic carbocycles. The molecule has 2 heterocycles. The Kier molecular flexibility index (Phi) is 5.99. The highest BCUT2D eigenvalue weighted by Gasteiger charge is 2.21. The van der Waals surface area contributed by atoms with E-state index in [0.717, 1.165) is 43.8 Å². The largest absolute Gasteiger partial charge is 0.392 e. The molecule has 1 unspecified atom stereocenters. The molecule has 2 aromatic rings. The summed E-state index contributed by atoms with van der Waals surface area (Å²) in [5.41, 5.74) is 1.84. The van der Waals surface area contributed by atoms with E-state index in [1.54, 1.807) is 24.4 Å². The van der Waals surface area contributed by atoms with E-state index in [0.29, 0.717) is 11.3 Å². The van der Waals surface area contributed by atoms with E-state index in [-0.39, 0.29) is 11.9 Å². The molecule has 25 heavy (non-hydrogen) atoms. The molecule has 0 spiro atoms. The van der Waals surface area contributed by atoms with E-state index >= 15 is 0 Å². The topological polar surface area (TPSA) is 39.6 Å². The van der Waals surface area contributed by atoms with Crippen LogP contribution in [0.4, 0.5) is 4.39 Å². The first-order valence-corrected chi connectivity index (χ1v) is 9.14. The van der Waals surface area contributed by atoms with E-state index in [1.807, 2.05) is 13.0 Å². The SMILES string of the molecule is CC(O)CN1CCC(CN(C)Cc2ccc(F)c3cccnc23)CC1. The van der Waals surface area contributed by atoms with Crippen molar-refractivity contribution in [2.24, 2.45) is 5.92 Å². The highest BCUT2D eigenvalue weighted by Crippen LogP contribution is 2.23. The van der Waals surface area contributed by atoms with Gasteiger partial charge in [-0.05, 0) is 69.6 Å². The summed E-state index contributed by atoms with van der Waals surface area (Å²) >= 11 is 0. The second-order valence-electron chi connectivity index (χ2n) is 7.40. The third-order valence-electron chi connectivity index (χ3n) is 5.04. The molecule has 0 radical (unpaired) electrons. The molecular weight excluding hydrogens is 317 g/mol. The number of halogens is 1. The summed E-state index contributed by atoms with van der Waals surface area (Å²) in [6.45, 7) is 6.56. The number of benzene rings is 1. The van der Waals surface area contributed by atoms with E-state index < -0.39 is 0 Å². The molecule has 0 saturated carbocycles. The molecule has 1 atom stereocenters. The van der Waals surface area contributed by atoms with Gasteiger partial charge in [-0.1, -0.05) is 6.07 Å². The molecule has 5 heteroatoms. The number of hydrogen-bond donors (Lipinski definition) is 1. The zero-order chi connectivity index (χ0) is 17.8. The fraction of sp³-hybridized carbons (Fsp3) is 0.550. The van der Waals surface area contributed by atoms with Crippen molar-refractivity contribution in [3.8, 4) is 0 Å². The highest BCUT2D eigenvalue weighted by atomic mass is 19.1. The normalized spacial score (nSPS) is 18.1. The number of hydrogen-bond acceptors (Lipinski definition) is 4. The summed E-state index contributed by atoms with van der Waals surface area (Å²) in [7, 11) is 2.13. The molecule has 0 amide bonds. The van der Waals surface area contributed by atoms with Gasteiger partial charge in [0.2, 0.25) is 0 Å². The molecule has 4 nitrogen and oxygen atoms in total. The predicted octanol–water partition coefficient (Wildman–Crippen LogP) is 2.90. The first kappa shape index (κ1) is 18.2. The van der Waals surface area contributed by atoms with Crippen molar-refractivity contribution in [2.45, 2.75) is 32.4 Å². The van der Waals surface area contributed by atoms with Crippen LogP contribution in [0.25, 0.3) is 10.9 Å². The molecule has 1 aliphatic rings. The van der Waals surface area contributed by atoms with Gasteiger partial charge in [-0.15, -0.1) is 0 Å². The maximum Gasteiger partial charge on any atom is 0.132 e. The fourth-order valence-electron chi connectivity index (χ4n) is 3.85. The Morgan fingerprint density at radius 2 is 2.08 bits per heavy atom. The van der Waals surface area contributed by atoms with Crippen LogP contribution in [0.2, 0.25) is 0 Å². The van der Waals surface area contributed by atoms with Crippen molar-refractivity contribution >= 4 is 10.9 Å². The van der Waals surface area contributed by atoms with E-state index in [4.69, 9.17) is 0 Å². The van der Waals surface area contributed by atoms with Gasteiger partial charge in [0.05, 0.1) is 11.6 Å². The molecule has 1 fully saturated rings. The molecule has 0 bridgehead atoms. The van der Waals surface area contributed by atoms with Gasteiger partial charge in [-0.2, -0.15) is 0 Å². The number of aliphatic hydroxyl groups excluding tert-OH is 1. The van der Waals surface area contributed by atoms with Crippen molar-refractivity contribution in [3.63, 3.8) is 0 Å². The summed E-state index contributed by atoms with van der Waals surface area (Å²) < 4.78 is 13.9. The number of β-amino-alcohol motifs (C(OH)–C–C–N with tert-alkyl or cyclic N) is 1. The van der Waals surface area contributed by atoms with Gasteiger partial charge in [-0.3, -0.25) is 4.98 Å². The number of pyridine rings is 1. The van der Waals surface area contributed by atoms with Crippen LogP contribution in [0.3, 0.4) is 0 Å². The third-order valence-corrected chi connectivity index (χ3v) is 5.04. The predicted molar refractivity (Wildman–Crippen MR) is 98.9 cm³/mol. The number of rotatable bonds is 6. The van der Waals surface area contributed by atoms with Crippen LogP contribution in [-0.4, -0.2) is 59.2 Å². The average molecular weight is 345 g/mol. The Balaban J connectivity index is 1.57. The summed E-state index contributed by atoms with van der Waals surface area (Å²) in [5, 5.41) is 10.1. The summed E-state index contributed by atoms with van der Waals surface area (Å²) in [6.07, 6.45) is 3.81. The van der Waals surface area contributed by atoms with E-state index in [1.165, 1.54) is 12.8 Å². The molecule has 136 valence electrons. The van der Waals surface area contributed by atoms with Gasteiger partial charge in [-0.25, -0.2) is 4.39 Å². The van der Waals surface area contributed by atoms with Gasteiger partial charge in [0.1, 0.15) is 5.82 Å². The lowest BCUT2D eigenvalue weighted by molar-refractivity contribution is 0.0920. The standard InChI is InChI=1S/C20H28FN3O/c1-15(25)12-24-10-7-16(8-11-24)13-23(2)14-17-5-6-19(21)18-4-3-9-22-20(17)18/h3-6,9,15-16,25H,7-8,10-14H2,1-2H3. The number of nitrogens with zero attached hydrogens (tertiary/aromatic N) is 3. The molecular formula is C20H28FN3O. The fourth-order valence-corrected chi connectivity index (χ4v) is 3.85. The Morgan fingerprint density at radius 3 is 2.80 bits per heavy atom. The van der Waals surface area contributed by atoms with Gasteiger partial charge >= 0.3 is 0 Å². The van der Waals surface area contributed by atoms with Gasteiger partial charge in [0, 0.05) is 31.2 Å². The minimum Gasteiger partial charge on any atom is -0.392 e. The number of aromatic nitrogens is 1. The Morgan fingerprint density at radius 1 is 1.32 bits per heavy atom. The quantitative estimate of drug-likeness (QED) is 0.874. The van der Waals surface area contributed by atoms with Crippen molar-refractivity contribution < 1.29 is 9.50 Å². The van der Waals surface area contributed by atoms with E-state index in [2.05, 4.69) is 21.8 Å². The summed E-state index contributed by atoms with van der Waals surface area (Å²) in [5.74, 6) is 0.468. The molecule has 1 N–H and O–H groups in total. The van der Waals surface area contributed by atoms with Crippen LogP contribution in [0.1, 0.15) is 25.3 Å². The molecule has 1 aromatic heterocycles. The van der Waals surface area contributed by atoms with Crippen molar-refractivity contribution in [3.05, 3.63) is 41.8 Å². The smallest absolute Gasteiger partial charge is 0.132 e. The van der Waals surface area contributed by atoms with Crippen LogP contribution in [0, 0.1) is 11.7 Å². The van der Waals surface area contributed by atoms with Crippen LogP contribution in [-0.2, 0) is 6.54 Å². The second kappa shape index (κ2) is 8.21. The van der Waals surface area contributed by atoms with Crippen molar-refractivity contribution in [1.29, 1.82) is 0 Å². The monoisotopic (exact) mass is 345 g/mol. The van der Waals surface area contributed by atoms with Crippen LogP contribution in [0.15, 0.2) is 30.5 Å². The van der Waals surface area contributed by atoms with Crippen LogP contribution < -0.4 is 0 Å². The van der Waals surface area contributed by atoms with Gasteiger partial charge in [0.15, 0.2) is 0 Å². The summed E-state index contributed by atoms with van der Waals surface area (Å²) in [6, 6.07) is 6.97.